The lowest BCUT2D eigenvalue weighted by Gasteiger charge is -2.17. The molecule has 1 atom stereocenters. The molecule has 102 valence electrons. The van der Waals surface area contributed by atoms with Crippen LogP contribution in [0.15, 0.2) is 27.6 Å². The lowest BCUT2D eigenvalue weighted by atomic mass is 10.1. The van der Waals surface area contributed by atoms with Gasteiger partial charge >= 0.3 is 0 Å². The molecule has 3 nitrogen and oxygen atoms in total. The van der Waals surface area contributed by atoms with Crippen LogP contribution in [0.5, 0.6) is 0 Å². The quantitative estimate of drug-likeness (QED) is 0.864. The molecule has 0 fully saturated rings. The summed E-state index contributed by atoms with van der Waals surface area (Å²) in [6.07, 6.45) is 2.63. The van der Waals surface area contributed by atoms with Gasteiger partial charge in [-0.2, -0.15) is 0 Å². The summed E-state index contributed by atoms with van der Waals surface area (Å²) in [5.41, 5.74) is 1.03. The van der Waals surface area contributed by atoms with Crippen LogP contribution < -0.4 is 4.72 Å². The molecule has 0 saturated heterocycles. The fraction of sp³-hybridized carbons (Fsp3) is 0.538. The summed E-state index contributed by atoms with van der Waals surface area (Å²) < 4.78 is 27.9. The molecule has 5 heteroatoms. The second-order valence-electron chi connectivity index (χ2n) is 4.45. The highest BCUT2D eigenvalue weighted by atomic mass is 79.9. The van der Waals surface area contributed by atoms with E-state index >= 15 is 0 Å². The molecule has 0 aliphatic heterocycles. The van der Waals surface area contributed by atoms with Crippen molar-refractivity contribution in [1.29, 1.82) is 0 Å². The zero-order valence-corrected chi connectivity index (χ0v) is 13.4. The van der Waals surface area contributed by atoms with Gasteiger partial charge in [-0.3, -0.25) is 0 Å². The van der Waals surface area contributed by atoms with E-state index in [-0.39, 0.29) is 6.04 Å². The second kappa shape index (κ2) is 6.68. The fourth-order valence-corrected chi connectivity index (χ4v) is 4.35. The Hall–Kier alpha value is -0.390. The van der Waals surface area contributed by atoms with Gasteiger partial charge in [-0.05, 0) is 53.4 Å². The average Bonchev–Trinajstić information content (AvgIpc) is 2.27. The van der Waals surface area contributed by atoms with Crippen LogP contribution in [0.2, 0.25) is 0 Å². The molecule has 0 amide bonds. The number of sulfonamides is 1. The predicted molar refractivity (Wildman–Crippen MR) is 78.2 cm³/mol. The molecule has 0 radical (unpaired) electrons. The van der Waals surface area contributed by atoms with Crippen molar-refractivity contribution in [3.05, 3.63) is 28.2 Å². The van der Waals surface area contributed by atoms with Crippen molar-refractivity contribution in [2.75, 3.05) is 0 Å². The highest BCUT2D eigenvalue weighted by Gasteiger charge is 2.20. The monoisotopic (exact) mass is 333 g/mol. The Balaban J connectivity index is 2.99. The van der Waals surface area contributed by atoms with Crippen LogP contribution in [0.1, 0.15) is 38.7 Å². The normalized spacial score (nSPS) is 13.6. The summed E-state index contributed by atoms with van der Waals surface area (Å²) in [6, 6.07) is 5.27. The summed E-state index contributed by atoms with van der Waals surface area (Å²) in [5, 5.41) is 0. The Kier molecular flexibility index (Phi) is 5.82. The Morgan fingerprint density at radius 2 is 2.00 bits per heavy atom. The van der Waals surface area contributed by atoms with Crippen LogP contribution in [0, 0.1) is 6.92 Å². The van der Waals surface area contributed by atoms with Crippen LogP contribution in [-0.4, -0.2) is 14.5 Å². The lowest BCUT2D eigenvalue weighted by Crippen LogP contribution is -2.34. The molecule has 0 aliphatic carbocycles. The highest BCUT2D eigenvalue weighted by molar-refractivity contribution is 9.10. The smallest absolute Gasteiger partial charge is 0.208 e. The standard InChI is InChI=1S/C13H20BrNO2S/c1-4-6-11(5-2)15-18(16,17)13-8-7-10(3)9-12(13)14/h7-9,11,15H,4-6H2,1-3H3. The maximum Gasteiger partial charge on any atom is 0.241 e. The van der Waals surface area contributed by atoms with E-state index in [0.717, 1.165) is 24.8 Å². The molecule has 0 aliphatic rings. The van der Waals surface area contributed by atoms with E-state index < -0.39 is 10.0 Å². The van der Waals surface area contributed by atoms with Crippen molar-refractivity contribution in [2.24, 2.45) is 0 Å². The van der Waals surface area contributed by atoms with Crippen LogP contribution in [0.25, 0.3) is 0 Å². The molecule has 0 aromatic heterocycles. The van der Waals surface area contributed by atoms with Gasteiger partial charge in [-0.15, -0.1) is 0 Å². The van der Waals surface area contributed by atoms with E-state index in [4.69, 9.17) is 0 Å². The van der Waals surface area contributed by atoms with Gasteiger partial charge < -0.3 is 0 Å². The SMILES string of the molecule is CCCC(CC)NS(=O)(=O)c1ccc(C)cc1Br. The molecule has 1 unspecified atom stereocenters. The highest BCUT2D eigenvalue weighted by Crippen LogP contribution is 2.23. The first-order valence-electron chi connectivity index (χ1n) is 6.19. The zero-order chi connectivity index (χ0) is 13.8. The summed E-state index contributed by atoms with van der Waals surface area (Å²) in [7, 11) is -3.44. The van der Waals surface area contributed by atoms with Gasteiger partial charge in [0.05, 0.1) is 4.90 Å². The third kappa shape index (κ3) is 4.07. The fourth-order valence-electron chi connectivity index (χ4n) is 1.80. The molecular formula is C13H20BrNO2S. The first-order valence-corrected chi connectivity index (χ1v) is 8.46. The average molecular weight is 334 g/mol. The maximum absolute atomic E-state index is 12.3. The van der Waals surface area contributed by atoms with Crippen LogP contribution in [-0.2, 0) is 10.0 Å². The van der Waals surface area contributed by atoms with E-state index in [2.05, 4.69) is 27.6 Å². The molecule has 18 heavy (non-hydrogen) atoms. The molecule has 0 spiro atoms. The molecule has 1 aromatic carbocycles. The van der Waals surface area contributed by atoms with Crippen molar-refractivity contribution >= 4 is 26.0 Å². The van der Waals surface area contributed by atoms with Crippen LogP contribution in [0.3, 0.4) is 0 Å². The van der Waals surface area contributed by atoms with Gasteiger partial charge in [-0.1, -0.05) is 26.3 Å². The largest absolute Gasteiger partial charge is 0.241 e. The Morgan fingerprint density at radius 3 is 2.50 bits per heavy atom. The number of hydrogen-bond acceptors (Lipinski definition) is 2. The Labute approximate surface area is 118 Å². The number of benzene rings is 1. The van der Waals surface area contributed by atoms with Crippen molar-refractivity contribution in [3.63, 3.8) is 0 Å². The van der Waals surface area contributed by atoms with Crippen LogP contribution in [0.4, 0.5) is 0 Å². The van der Waals surface area contributed by atoms with E-state index in [9.17, 15) is 8.42 Å². The third-order valence-corrected chi connectivity index (χ3v) is 5.33. The topological polar surface area (TPSA) is 46.2 Å². The predicted octanol–water partition coefficient (Wildman–Crippen LogP) is 3.61. The minimum atomic E-state index is -3.44. The number of hydrogen-bond donors (Lipinski definition) is 1. The minimum Gasteiger partial charge on any atom is -0.208 e. The molecule has 1 rings (SSSR count). The van der Waals surface area contributed by atoms with Gasteiger partial charge in [0.25, 0.3) is 0 Å². The lowest BCUT2D eigenvalue weighted by molar-refractivity contribution is 0.512. The Morgan fingerprint density at radius 1 is 1.33 bits per heavy atom. The number of aryl methyl sites for hydroxylation is 1. The van der Waals surface area contributed by atoms with Gasteiger partial charge in [-0.25, -0.2) is 13.1 Å². The summed E-state index contributed by atoms with van der Waals surface area (Å²) >= 11 is 3.31. The van der Waals surface area contributed by atoms with Crippen molar-refractivity contribution in [1.82, 2.24) is 4.72 Å². The van der Waals surface area contributed by atoms with E-state index in [1.54, 1.807) is 12.1 Å². The van der Waals surface area contributed by atoms with Crippen LogP contribution >= 0.6 is 15.9 Å². The molecule has 1 aromatic rings. The number of rotatable bonds is 6. The number of nitrogens with one attached hydrogen (secondary N) is 1. The van der Waals surface area contributed by atoms with E-state index in [0.29, 0.717) is 9.37 Å². The van der Waals surface area contributed by atoms with Gasteiger partial charge in [0.2, 0.25) is 10.0 Å². The summed E-state index contributed by atoms with van der Waals surface area (Å²) in [6.45, 7) is 5.98. The Bertz CT molecular complexity index is 500. The second-order valence-corrected chi connectivity index (χ2v) is 6.99. The molecule has 0 saturated carbocycles. The zero-order valence-electron chi connectivity index (χ0n) is 11.0. The van der Waals surface area contributed by atoms with E-state index in [1.807, 2.05) is 19.9 Å². The van der Waals surface area contributed by atoms with Gasteiger partial charge in [0, 0.05) is 10.5 Å². The summed E-state index contributed by atoms with van der Waals surface area (Å²) in [5.74, 6) is 0. The molecular weight excluding hydrogens is 314 g/mol. The molecule has 0 heterocycles. The maximum atomic E-state index is 12.3. The minimum absolute atomic E-state index is 0.00760. The van der Waals surface area contributed by atoms with Crippen molar-refractivity contribution < 1.29 is 8.42 Å². The third-order valence-electron chi connectivity index (χ3n) is 2.83. The van der Waals surface area contributed by atoms with Crippen molar-refractivity contribution in [2.45, 2.75) is 51.0 Å². The first-order chi connectivity index (χ1) is 8.40. The first kappa shape index (κ1) is 15.7. The molecule has 1 N–H and O–H groups in total. The summed E-state index contributed by atoms with van der Waals surface area (Å²) in [4.78, 5) is 0.308. The van der Waals surface area contributed by atoms with Crippen molar-refractivity contribution in [3.8, 4) is 0 Å². The molecule has 0 bridgehead atoms. The van der Waals surface area contributed by atoms with E-state index in [1.165, 1.54) is 0 Å². The van der Waals surface area contributed by atoms with Gasteiger partial charge in [0.1, 0.15) is 0 Å². The number of halogens is 1. The van der Waals surface area contributed by atoms with Gasteiger partial charge in [0.15, 0.2) is 0 Å².